The van der Waals surface area contributed by atoms with E-state index in [0.717, 1.165) is 23.1 Å². The van der Waals surface area contributed by atoms with E-state index in [1.807, 2.05) is 19.1 Å². The second-order valence-corrected chi connectivity index (χ2v) is 4.29. The van der Waals surface area contributed by atoms with Gasteiger partial charge in [-0.15, -0.1) is 0 Å². The summed E-state index contributed by atoms with van der Waals surface area (Å²) in [5.74, 6) is 0.794. The normalized spacial score (nSPS) is 15.1. The fourth-order valence-electron chi connectivity index (χ4n) is 2.06. The number of hydrogen-bond donors (Lipinski definition) is 1. The van der Waals surface area contributed by atoms with Gasteiger partial charge in [0.25, 0.3) is 0 Å². The van der Waals surface area contributed by atoms with Crippen LogP contribution in [0.25, 0.3) is 0 Å². The molecule has 0 radical (unpaired) electrons. The third-order valence-corrected chi connectivity index (χ3v) is 3.06. The van der Waals surface area contributed by atoms with Gasteiger partial charge in [0, 0.05) is 6.42 Å². The summed E-state index contributed by atoms with van der Waals surface area (Å²) in [5.41, 5.74) is 2.74. The van der Waals surface area contributed by atoms with Crippen molar-refractivity contribution in [3.8, 4) is 5.75 Å². The molecule has 0 fully saturated rings. The zero-order chi connectivity index (χ0) is 12.4. The van der Waals surface area contributed by atoms with Gasteiger partial charge in [0.05, 0.1) is 19.2 Å². The largest absolute Gasteiger partial charge is 0.495 e. The molecule has 90 valence electrons. The lowest BCUT2D eigenvalue weighted by atomic mass is 9.95. The highest BCUT2D eigenvalue weighted by Gasteiger charge is 2.23. The lowest BCUT2D eigenvalue weighted by molar-refractivity contribution is -0.115. The van der Waals surface area contributed by atoms with Gasteiger partial charge in [-0.3, -0.25) is 4.79 Å². The molecule has 1 aromatic rings. The van der Waals surface area contributed by atoms with Crippen LogP contribution in [0.4, 0.5) is 5.69 Å². The molecule has 17 heavy (non-hydrogen) atoms. The highest BCUT2D eigenvalue weighted by Crippen LogP contribution is 2.36. The summed E-state index contributed by atoms with van der Waals surface area (Å²) in [6.07, 6.45) is 1.77. The summed E-state index contributed by atoms with van der Waals surface area (Å²) in [4.78, 5) is 21.9. The molecule has 0 aromatic heterocycles. The molecule has 1 aliphatic rings. The topological polar surface area (TPSA) is 55.4 Å². The Bertz CT molecular complexity index is 468. The maximum atomic E-state index is 11.4. The second-order valence-electron chi connectivity index (χ2n) is 4.29. The first-order chi connectivity index (χ1) is 8.15. The van der Waals surface area contributed by atoms with Crippen molar-refractivity contribution in [3.05, 3.63) is 23.3 Å². The number of amides is 1. The number of methoxy groups -OCH3 is 1. The van der Waals surface area contributed by atoms with E-state index in [4.69, 9.17) is 4.74 Å². The number of benzene rings is 1. The third-order valence-electron chi connectivity index (χ3n) is 3.06. The predicted molar refractivity (Wildman–Crippen MR) is 64.4 cm³/mol. The van der Waals surface area contributed by atoms with Crippen molar-refractivity contribution < 1.29 is 14.3 Å². The van der Waals surface area contributed by atoms with Gasteiger partial charge < -0.3 is 14.8 Å². The van der Waals surface area contributed by atoms with Gasteiger partial charge in [0.15, 0.2) is 0 Å². The highest BCUT2D eigenvalue weighted by atomic mass is 16.5. The maximum absolute atomic E-state index is 11.4. The molecule has 0 saturated carbocycles. The van der Waals surface area contributed by atoms with Crippen molar-refractivity contribution in [1.29, 1.82) is 0 Å². The minimum absolute atomic E-state index is 0.0153. The Morgan fingerprint density at radius 3 is 2.94 bits per heavy atom. The number of rotatable bonds is 4. The van der Waals surface area contributed by atoms with Crippen LogP contribution in [0, 0.1) is 0 Å². The smallest absolute Gasteiger partial charge is 0.228 e. The number of aldehydes is 1. The van der Waals surface area contributed by atoms with Crippen LogP contribution >= 0.6 is 0 Å². The molecule has 1 unspecified atom stereocenters. The van der Waals surface area contributed by atoms with Gasteiger partial charge in [-0.1, -0.05) is 13.0 Å². The number of carbonyl (C=O) groups excluding carboxylic acids is 2. The van der Waals surface area contributed by atoms with E-state index in [1.165, 1.54) is 0 Å². The van der Waals surface area contributed by atoms with Crippen molar-refractivity contribution >= 4 is 17.9 Å². The molecule has 1 N–H and O–H groups in total. The van der Waals surface area contributed by atoms with E-state index < -0.39 is 0 Å². The van der Waals surface area contributed by atoms with Crippen LogP contribution in [0.5, 0.6) is 5.75 Å². The molecular weight excluding hydrogens is 218 g/mol. The number of ether oxygens (including phenoxy) is 1. The molecule has 0 bridgehead atoms. The number of anilines is 1. The first-order valence-electron chi connectivity index (χ1n) is 5.60. The lowest BCUT2D eigenvalue weighted by Gasteiger charge is -2.13. The summed E-state index contributed by atoms with van der Waals surface area (Å²) >= 11 is 0. The quantitative estimate of drug-likeness (QED) is 0.808. The Morgan fingerprint density at radius 1 is 1.53 bits per heavy atom. The molecule has 1 amide bonds. The lowest BCUT2D eigenvalue weighted by Crippen LogP contribution is -2.04. The molecule has 1 aromatic carbocycles. The molecule has 0 aliphatic carbocycles. The average Bonchev–Trinajstić information content (AvgIpc) is 2.68. The van der Waals surface area contributed by atoms with E-state index >= 15 is 0 Å². The van der Waals surface area contributed by atoms with Crippen molar-refractivity contribution in [3.63, 3.8) is 0 Å². The minimum atomic E-state index is -0.0153. The molecule has 1 heterocycles. The van der Waals surface area contributed by atoms with E-state index in [1.54, 1.807) is 7.11 Å². The van der Waals surface area contributed by atoms with Crippen LogP contribution in [0.3, 0.4) is 0 Å². The van der Waals surface area contributed by atoms with Crippen LogP contribution in [0.1, 0.15) is 30.4 Å². The Labute approximate surface area is 100.0 Å². The van der Waals surface area contributed by atoms with E-state index in [-0.39, 0.29) is 11.8 Å². The Kier molecular flexibility index (Phi) is 3.13. The molecule has 2 rings (SSSR count). The van der Waals surface area contributed by atoms with Crippen molar-refractivity contribution in [1.82, 2.24) is 0 Å². The van der Waals surface area contributed by atoms with Gasteiger partial charge >= 0.3 is 0 Å². The number of fused-ring (bicyclic) bond motifs is 1. The number of nitrogens with one attached hydrogen (secondary N) is 1. The molecule has 0 saturated heterocycles. The van der Waals surface area contributed by atoms with Crippen LogP contribution in [0.2, 0.25) is 0 Å². The summed E-state index contributed by atoms with van der Waals surface area (Å²) in [6.45, 7) is 1.99. The first kappa shape index (κ1) is 11.6. The van der Waals surface area contributed by atoms with Crippen LogP contribution < -0.4 is 10.1 Å². The average molecular weight is 233 g/mol. The Morgan fingerprint density at radius 2 is 2.29 bits per heavy atom. The third kappa shape index (κ3) is 2.16. The SMILES string of the molecule is COc1cc(C(C)CC=O)cc2c1NC(=O)C2. The van der Waals surface area contributed by atoms with Crippen LogP contribution in [-0.2, 0) is 16.0 Å². The fourth-order valence-corrected chi connectivity index (χ4v) is 2.06. The van der Waals surface area contributed by atoms with Crippen LogP contribution in [-0.4, -0.2) is 19.3 Å². The molecule has 0 spiro atoms. The molecule has 1 aliphatic heterocycles. The van der Waals surface area contributed by atoms with E-state index in [2.05, 4.69) is 5.32 Å². The van der Waals surface area contributed by atoms with Gasteiger partial charge in [0.1, 0.15) is 12.0 Å². The Balaban J connectivity index is 2.41. The van der Waals surface area contributed by atoms with E-state index in [0.29, 0.717) is 18.6 Å². The molecule has 4 heteroatoms. The maximum Gasteiger partial charge on any atom is 0.228 e. The van der Waals surface area contributed by atoms with Crippen molar-refractivity contribution in [2.24, 2.45) is 0 Å². The van der Waals surface area contributed by atoms with Crippen molar-refractivity contribution in [2.45, 2.75) is 25.7 Å². The van der Waals surface area contributed by atoms with Gasteiger partial charge in [-0.25, -0.2) is 0 Å². The number of carbonyl (C=O) groups is 2. The fraction of sp³-hybridized carbons (Fsp3) is 0.385. The van der Waals surface area contributed by atoms with Crippen molar-refractivity contribution in [2.75, 3.05) is 12.4 Å². The predicted octanol–water partition coefficient (Wildman–Crippen LogP) is 1.88. The molecule has 4 nitrogen and oxygen atoms in total. The van der Waals surface area contributed by atoms with Crippen LogP contribution in [0.15, 0.2) is 12.1 Å². The summed E-state index contributed by atoms with van der Waals surface area (Å²) in [7, 11) is 1.58. The zero-order valence-corrected chi connectivity index (χ0v) is 9.95. The minimum Gasteiger partial charge on any atom is -0.495 e. The van der Waals surface area contributed by atoms with Gasteiger partial charge in [-0.05, 0) is 23.1 Å². The highest BCUT2D eigenvalue weighted by molar-refractivity contribution is 6.01. The van der Waals surface area contributed by atoms with Gasteiger partial charge in [0.2, 0.25) is 5.91 Å². The summed E-state index contributed by atoms with van der Waals surface area (Å²) in [6, 6.07) is 3.86. The molecular formula is C13H15NO3. The summed E-state index contributed by atoms with van der Waals surface area (Å²) in [5, 5.41) is 2.78. The first-order valence-corrected chi connectivity index (χ1v) is 5.60. The number of hydrogen-bond acceptors (Lipinski definition) is 3. The standard InChI is InChI=1S/C13H15NO3/c1-8(3-4-15)9-5-10-7-12(16)14-13(10)11(6-9)17-2/h4-6,8H,3,7H2,1-2H3,(H,14,16). The zero-order valence-electron chi connectivity index (χ0n) is 9.95. The molecule has 1 atom stereocenters. The summed E-state index contributed by atoms with van der Waals surface area (Å²) < 4.78 is 5.27. The van der Waals surface area contributed by atoms with E-state index in [9.17, 15) is 9.59 Å². The Hall–Kier alpha value is -1.84. The second kappa shape index (κ2) is 4.57. The van der Waals surface area contributed by atoms with Gasteiger partial charge in [-0.2, -0.15) is 0 Å². The monoisotopic (exact) mass is 233 g/mol.